The van der Waals surface area contributed by atoms with Crippen LogP contribution in [0.25, 0.3) is 0 Å². The first kappa shape index (κ1) is 12.8. The molecular formula is C12H19NO3. The highest BCUT2D eigenvalue weighted by atomic mass is 16.5. The molecule has 3 N–H and O–H groups in total. The molecule has 0 bridgehead atoms. The maximum absolute atomic E-state index is 9.77. The van der Waals surface area contributed by atoms with Gasteiger partial charge < -0.3 is 20.3 Å². The van der Waals surface area contributed by atoms with E-state index in [0.29, 0.717) is 12.3 Å². The molecule has 90 valence electrons. The third-order valence-corrected chi connectivity index (χ3v) is 2.13. The second-order valence-electron chi connectivity index (χ2n) is 3.97. The Morgan fingerprint density at radius 1 is 1.38 bits per heavy atom. The minimum atomic E-state index is -0.597. The third kappa shape index (κ3) is 3.40. The zero-order chi connectivity index (χ0) is 12.1. The van der Waals surface area contributed by atoms with E-state index in [1.165, 1.54) is 6.07 Å². The number of phenolic OH excluding ortho intramolecular Hbond substituents is 1. The molecule has 0 saturated carbocycles. The summed E-state index contributed by atoms with van der Waals surface area (Å²) in [5, 5.41) is 22.2. The molecule has 16 heavy (non-hydrogen) atoms. The van der Waals surface area contributed by atoms with Crippen molar-refractivity contribution < 1.29 is 14.9 Å². The van der Waals surface area contributed by atoms with E-state index >= 15 is 0 Å². The Morgan fingerprint density at radius 2 is 2.06 bits per heavy atom. The monoisotopic (exact) mass is 225 g/mol. The maximum atomic E-state index is 9.77. The van der Waals surface area contributed by atoms with Crippen LogP contribution >= 0.6 is 0 Å². The minimum Gasteiger partial charge on any atom is -0.504 e. The van der Waals surface area contributed by atoms with E-state index in [0.717, 1.165) is 5.56 Å². The average molecular weight is 225 g/mol. The highest BCUT2D eigenvalue weighted by molar-refractivity contribution is 5.42. The Labute approximate surface area is 95.9 Å². The molecule has 0 unspecified atom stereocenters. The summed E-state index contributed by atoms with van der Waals surface area (Å²) in [4.78, 5) is 0. The third-order valence-electron chi connectivity index (χ3n) is 2.13. The number of likely N-dealkylation sites (N-methyl/N-ethyl adjacent to an activating group) is 1. The van der Waals surface area contributed by atoms with Crippen LogP contribution in [0, 0.1) is 0 Å². The van der Waals surface area contributed by atoms with Crippen LogP contribution in [0.4, 0.5) is 0 Å². The van der Waals surface area contributed by atoms with Gasteiger partial charge in [-0.2, -0.15) is 0 Å². The standard InChI is InChI=1S/C12H19NO3/c1-8(2)16-12-6-9(4-5-10(12)14)11(15)7-13-3/h4-6,8,11,13-15H,7H2,1-3H3/t11-/m0/s1. The molecular weight excluding hydrogens is 206 g/mol. The molecule has 0 amide bonds. The molecule has 0 aliphatic heterocycles. The van der Waals surface area contributed by atoms with Crippen molar-refractivity contribution in [1.29, 1.82) is 0 Å². The van der Waals surface area contributed by atoms with Crippen LogP contribution in [0.5, 0.6) is 11.5 Å². The molecule has 1 aromatic carbocycles. The first-order chi connectivity index (χ1) is 7.54. The van der Waals surface area contributed by atoms with Gasteiger partial charge in [0.2, 0.25) is 0 Å². The predicted octanol–water partition coefficient (Wildman–Crippen LogP) is 1.43. The Bertz CT molecular complexity index is 339. The molecule has 0 radical (unpaired) electrons. The van der Waals surface area contributed by atoms with Crippen LogP contribution in [-0.2, 0) is 0 Å². The van der Waals surface area contributed by atoms with Gasteiger partial charge in [0, 0.05) is 6.54 Å². The highest BCUT2D eigenvalue weighted by Crippen LogP contribution is 2.29. The molecule has 1 rings (SSSR count). The van der Waals surface area contributed by atoms with Gasteiger partial charge in [-0.15, -0.1) is 0 Å². The van der Waals surface area contributed by atoms with Gasteiger partial charge in [0.05, 0.1) is 12.2 Å². The zero-order valence-electron chi connectivity index (χ0n) is 9.90. The van der Waals surface area contributed by atoms with Gasteiger partial charge in [0.1, 0.15) is 0 Å². The van der Waals surface area contributed by atoms with E-state index in [2.05, 4.69) is 5.32 Å². The normalized spacial score (nSPS) is 12.8. The topological polar surface area (TPSA) is 61.7 Å². The van der Waals surface area contributed by atoms with Crippen LogP contribution < -0.4 is 10.1 Å². The van der Waals surface area contributed by atoms with Crippen molar-refractivity contribution in [2.45, 2.75) is 26.1 Å². The largest absolute Gasteiger partial charge is 0.504 e. The summed E-state index contributed by atoms with van der Waals surface area (Å²) in [7, 11) is 1.77. The number of rotatable bonds is 5. The van der Waals surface area contributed by atoms with Crippen LogP contribution in [0.3, 0.4) is 0 Å². The van der Waals surface area contributed by atoms with Crippen molar-refractivity contribution in [2.24, 2.45) is 0 Å². The van der Waals surface area contributed by atoms with E-state index in [1.54, 1.807) is 19.2 Å². The van der Waals surface area contributed by atoms with Gasteiger partial charge in [-0.1, -0.05) is 6.07 Å². The summed E-state index contributed by atoms with van der Waals surface area (Å²) >= 11 is 0. The fraction of sp³-hybridized carbons (Fsp3) is 0.500. The lowest BCUT2D eigenvalue weighted by Gasteiger charge is -2.15. The van der Waals surface area contributed by atoms with Crippen molar-refractivity contribution in [2.75, 3.05) is 13.6 Å². The fourth-order valence-electron chi connectivity index (χ4n) is 1.40. The van der Waals surface area contributed by atoms with Crippen LogP contribution in [0.1, 0.15) is 25.5 Å². The number of phenols is 1. The second-order valence-corrected chi connectivity index (χ2v) is 3.97. The fourth-order valence-corrected chi connectivity index (χ4v) is 1.40. The molecule has 1 aromatic rings. The van der Waals surface area contributed by atoms with E-state index in [9.17, 15) is 10.2 Å². The minimum absolute atomic E-state index is 0.0115. The molecule has 0 aliphatic carbocycles. The summed E-state index contributed by atoms with van der Waals surface area (Å²) in [5.74, 6) is 0.497. The predicted molar refractivity (Wildman–Crippen MR) is 62.8 cm³/mol. The summed E-state index contributed by atoms with van der Waals surface area (Å²) in [6.45, 7) is 4.23. The van der Waals surface area contributed by atoms with Gasteiger partial charge >= 0.3 is 0 Å². The number of aliphatic hydroxyl groups excluding tert-OH is 1. The van der Waals surface area contributed by atoms with Crippen LogP contribution in [0.15, 0.2) is 18.2 Å². The maximum Gasteiger partial charge on any atom is 0.161 e. The van der Waals surface area contributed by atoms with Crippen LogP contribution in [-0.4, -0.2) is 29.9 Å². The number of benzene rings is 1. The SMILES string of the molecule is CNC[C@H](O)c1ccc(O)c(OC(C)C)c1. The number of aliphatic hydroxyl groups is 1. The van der Waals surface area contributed by atoms with Gasteiger partial charge in [-0.25, -0.2) is 0 Å². The summed E-state index contributed by atoms with van der Waals surface area (Å²) < 4.78 is 5.43. The molecule has 0 saturated heterocycles. The lowest BCUT2D eigenvalue weighted by atomic mass is 10.1. The van der Waals surface area contributed by atoms with Crippen molar-refractivity contribution in [3.8, 4) is 11.5 Å². The van der Waals surface area contributed by atoms with E-state index in [-0.39, 0.29) is 11.9 Å². The van der Waals surface area contributed by atoms with Crippen molar-refractivity contribution in [3.05, 3.63) is 23.8 Å². The molecule has 0 spiro atoms. The molecule has 4 heteroatoms. The smallest absolute Gasteiger partial charge is 0.161 e. The van der Waals surface area contributed by atoms with Gasteiger partial charge in [0.25, 0.3) is 0 Å². The molecule has 1 atom stereocenters. The van der Waals surface area contributed by atoms with Gasteiger partial charge in [-0.05, 0) is 38.6 Å². The molecule has 0 fully saturated rings. The van der Waals surface area contributed by atoms with Crippen molar-refractivity contribution >= 4 is 0 Å². The molecule has 0 aliphatic rings. The Balaban J connectivity index is 2.88. The number of nitrogens with one attached hydrogen (secondary N) is 1. The average Bonchev–Trinajstić information content (AvgIpc) is 2.21. The van der Waals surface area contributed by atoms with E-state index in [4.69, 9.17) is 4.74 Å². The first-order valence-electron chi connectivity index (χ1n) is 5.36. The van der Waals surface area contributed by atoms with Gasteiger partial charge in [-0.3, -0.25) is 0 Å². The number of aromatic hydroxyl groups is 1. The number of hydrogen-bond donors (Lipinski definition) is 3. The quantitative estimate of drug-likeness (QED) is 0.709. The summed E-state index contributed by atoms with van der Waals surface area (Å²) in [6, 6.07) is 4.88. The first-order valence-corrected chi connectivity index (χ1v) is 5.36. The lowest BCUT2D eigenvalue weighted by molar-refractivity contribution is 0.176. The zero-order valence-corrected chi connectivity index (χ0v) is 9.90. The van der Waals surface area contributed by atoms with E-state index < -0.39 is 6.10 Å². The van der Waals surface area contributed by atoms with Crippen LogP contribution in [0.2, 0.25) is 0 Å². The summed E-state index contributed by atoms with van der Waals surface area (Å²) in [6.07, 6.45) is -0.609. The lowest BCUT2D eigenvalue weighted by Crippen LogP contribution is -2.16. The van der Waals surface area contributed by atoms with E-state index in [1.807, 2.05) is 13.8 Å². The number of ether oxygens (including phenoxy) is 1. The van der Waals surface area contributed by atoms with Gasteiger partial charge in [0.15, 0.2) is 11.5 Å². The Hall–Kier alpha value is -1.26. The van der Waals surface area contributed by atoms with Crippen molar-refractivity contribution in [3.63, 3.8) is 0 Å². The Morgan fingerprint density at radius 3 is 2.62 bits per heavy atom. The molecule has 0 heterocycles. The molecule has 4 nitrogen and oxygen atoms in total. The number of hydrogen-bond acceptors (Lipinski definition) is 4. The summed E-state index contributed by atoms with van der Waals surface area (Å²) in [5.41, 5.74) is 0.725. The highest BCUT2D eigenvalue weighted by Gasteiger charge is 2.11. The Kier molecular flexibility index (Phi) is 4.58. The second kappa shape index (κ2) is 5.72. The molecule has 0 aromatic heterocycles. The van der Waals surface area contributed by atoms with Crippen molar-refractivity contribution in [1.82, 2.24) is 5.32 Å².